The molecule has 104 valence electrons. The monoisotopic (exact) mass is 255 g/mol. The molecule has 0 spiro atoms. The van der Waals surface area contributed by atoms with Crippen LogP contribution in [0.3, 0.4) is 0 Å². The van der Waals surface area contributed by atoms with E-state index in [1.54, 1.807) is 4.90 Å². The predicted molar refractivity (Wildman–Crippen MR) is 71.2 cm³/mol. The van der Waals surface area contributed by atoms with Gasteiger partial charge >= 0.3 is 11.8 Å². The average Bonchev–Trinajstić information content (AvgIpc) is 2.64. The van der Waals surface area contributed by atoms with Gasteiger partial charge in [0.05, 0.1) is 0 Å². The van der Waals surface area contributed by atoms with Gasteiger partial charge in [-0.05, 0) is 26.3 Å². The molecule has 1 rings (SSSR count). The molecule has 1 unspecified atom stereocenters. The Kier molecular flexibility index (Phi) is 6.72. The molecule has 0 radical (unpaired) electrons. The van der Waals surface area contributed by atoms with Crippen molar-refractivity contribution in [2.45, 2.75) is 45.6 Å². The van der Waals surface area contributed by atoms with Crippen molar-refractivity contribution in [2.75, 3.05) is 26.2 Å². The number of nitrogens with one attached hydrogen (secondary N) is 2. The van der Waals surface area contributed by atoms with Crippen LogP contribution in [0, 0.1) is 0 Å². The third kappa shape index (κ3) is 5.04. The van der Waals surface area contributed by atoms with Gasteiger partial charge in [-0.15, -0.1) is 0 Å². The largest absolute Gasteiger partial charge is 0.345 e. The Hall–Kier alpha value is -1.10. The number of hydrogen-bond acceptors (Lipinski definition) is 3. The first kappa shape index (κ1) is 15.0. The number of amides is 2. The molecule has 5 nitrogen and oxygen atoms in total. The summed E-state index contributed by atoms with van der Waals surface area (Å²) in [5.41, 5.74) is 0. The fraction of sp³-hybridized carbons (Fsp3) is 0.846. The number of nitrogens with zero attached hydrogens (tertiary/aromatic N) is 1. The van der Waals surface area contributed by atoms with Gasteiger partial charge in [0.15, 0.2) is 0 Å². The molecule has 1 aliphatic rings. The highest BCUT2D eigenvalue weighted by molar-refractivity contribution is 6.35. The quantitative estimate of drug-likeness (QED) is 0.719. The van der Waals surface area contributed by atoms with E-state index in [-0.39, 0.29) is 11.9 Å². The van der Waals surface area contributed by atoms with Gasteiger partial charge < -0.3 is 15.5 Å². The first-order chi connectivity index (χ1) is 8.65. The van der Waals surface area contributed by atoms with E-state index in [1.807, 2.05) is 6.92 Å². The van der Waals surface area contributed by atoms with E-state index < -0.39 is 5.91 Å². The Labute approximate surface area is 109 Å². The predicted octanol–water partition coefficient (Wildman–Crippen LogP) is 0.503. The van der Waals surface area contributed by atoms with Crippen LogP contribution in [0.2, 0.25) is 0 Å². The molecule has 2 amide bonds. The van der Waals surface area contributed by atoms with Crippen molar-refractivity contribution < 1.29 is 9.59 Å². The minimum atomic E-state index is -0.458. The number of rotatable bonds is 4. The van der Waals surface area contributed by atoms with E-state index >= 15 is 0 Å². The zero-order valence-corrected chi connectivity index (χ0v) is 11.5. The van der Waals surface area contributed by atoms with Gasteiger partial charge in [-0.25, -0.2) is 0 Å². The van der Waals surface area contributed by atoms with Crippen LogP contribution in [0.5, 0.6) is 0 Å². The number of unbranched alkanes of at least 4 members (excludes halogenated alkanes) is 1. The Morgan fingerprint density at radius 3 is 2.83 bits per heavy atom. The second-order valence-corrected chi connectivity index (χ2v) is 4.91. The Bertz CT molecular complexity index is 273. The summed E-state index contributed by atoms with van der Waals surface area (Å²) in [6, 6.07) is 0.0755. The number of carbonyl (C=O) groups excluding carboxylic acids is 2. The lowest BCUT2D eigenvalue weighted by Crippen LogP contribution is -2.46. The van der Waals surface area contributed by atoms with Crippen molar-refractivity contribution in [1.29, 1.82) is 0 Å². The number of hydrogen-bond donors (Lipinski definition) is 2. The van der Waals surface area contributed by atoms with Crippen molar-refractivity contribution in [3.05, 3.63) is 0 Å². The minimum Gasteiger partial charge on any atom is -0.345 e. The highest BCUT2D eigenvalue weighted by atomic mass is 16.2. The Morgan fingerprint density at radius 2 is 2.11 bits per heavy atom. The van der Waals surface area contributed by atoms with E-state index in [9.17, 15) is 9.59 Å². The van der Waals surface area contributed by atoms with Gasteiger partial charge in [0.1, 0.15) is 0 Å². The zero-order valence-electron chi connectivity index (χ0n) is 11.5. The third-order valence-electron chi connectivity index (χ3n) is 3.19. The fourth-order valence-corrected chi connectivity index (χ4v) is 2.06. The highest BCUT2D eigenvalue weighted by Gasteiger charge is 2.23. The summed E-state index contributed by atoms with van der Waals surface area (Å²) >= 11 is 0. The van der Waals surface area contributed by atoms with Gasteiger partial charge in [-0.3, -0.25) is 9.59 Å². The molecule has 1 atom stereocenters. The third-order valence-corrected chi connectivity index (χ3v) is 3.19. The van der Waals surface area contributed by atoms with E-state index in [4.69, 9.17) is 0 Å². The topological polar surface area (TPSA) is 61.4 Å². The molecule has 1 fully saturated rings. The molecule has 0 aliphatic carbocycles. The summed E-state index contributed by atoms with van der Waals surface area (Å²) in [5, 5.41) is 6.00. The summed E-state index contributed by atoms with van der Waals surface area (Å²) in [4.78, 5) is 25.4. The molecule has 1 heterocycles. The lowest BCUT2D eigenvalue weighted by Gasteiger charge is -2.20. The van der Waals surface area contributed by atoms with Gasteiger partial charge in [-0.1, -0.05) is 19.8 Å². The second kappa shape index (κ2) is 8.08. The molecule has 0 aromatic carbocycles. The van der Waals surface area contributed by atoms with E-state index in [1.165, 1.54) is 0 Å². The van der Waals surface area contributed by atoms with Crippen molar-refractivity contribution in [1.82, 2.24) is 15.5 Å². The van der Waals surface area contributed by atoms with Crippen LogP contribution in [0.4, 0.5) is 0 Å². The maximum absolute atomic E-state index is 11.9. The standard InChI is InChI=1S/C13H25N3O2/c1-3-4-6-11(2)15-12(17)13(18)16-9-5-7-14-8-10-16/h11,14H,3-10H2,1-2H3,(H,15,17). The van der Waals surface area contributed by atoms with Gasteiger partial charge in [0.25, 0.3) is 0 Å². The first-order valence-corrected chi connectivity index (χ1v) is 6.95. The molecule has 5 heteroatoms. The summed E-state index contributed by atoms with van der Waals surface area (Å²) in [7, 11) is 0. The van der Waals surface area contributed by atoms with Gasteiger partial charge in [-0.2, -0.15) is 0 Å². The van der Waals surface area contributed by atoms with Crippen LogP contribution in [-0.4, -0.2) is 48.9 Å². The van der Waals surface area contributed by atoms with Crippen molar-refractivity contribution in [3.8, 4) is 0 Å². The van der Waals surface area contributed by atoms with Gasteiger partial charge in [0, 0.05) is 25.7 Å². The van der Waals surface area contributed by atoms with Crippen LogP contribution >= 0.6 is 0 Å². The van der Waals surface area contributed by atoms with Crippen LogP contribution in [0.25, 0.3) is 0 Å². The Balaban J connectivity index is 2.37. The molecule has 1 aliphatic heterocycles. The molecule has 0 saturated carbocycles. The SMILES string of the molecule is CCCCC(C)NC(=O)C(=O)N1CCCNCC1. The number of carbonyl (C=O) groups is 2. The summed E-state index contributed by atoms with van der Waals surface area (Å²) in [5.74, 6) is -0.845. The second-order valence-electron chi connectivity index (χ2n) is 4.91. The zero-order chi connectivity index (χ0) is 13.4. The molecule has 2 N–H and O–H groups in total. The van der Waals surface area contributed by atoms with Crippen molar-refractivity contribution in [3.63, 3.8) is 0 Å². The first-order valence-electron chi connectivity index (χ1n) is 6.95. The van der Waals surface area contributed by atoms with Crippen molar-refractivity contribution >= 4 is 11.8 Å². The summed E-state index contributed by atoms with van der Waals surface area (Å²) in [6.07, 6.45) is 4.01. The lowest BCUT2D eigenvalue weighted by atomic mass is 10.1. The van der Waals surface area contributed by atoms with Crippen LogP contribution in [0.1, 0.15) is 39.5 Å². The summed E-state index contributed by atoms with van der Waals surface area (Å²) < 4.78 is 0. The summed E-state index contributed by atoms with van der Waals surface area (Å²) in [6.45, 7) is 7.04. The van der Waals surface area contributed by atoms with Crippen LogP contribution < -0.4 is 10.6 Å². The lowest BCUT2D eigenvalue weighted by molar-refractivity contribution is -0.146. The van der Waals surface area contributed by atoms with Crippen LogP contribution in [-0.2, 0) is 9.59 Å². The maximum atomic E-state index is 11.9. The average molecular weight is 255 g/mol. The fourth-order valence-electron chi connectivity index (χ4n) is 2.06. The molecular weight excluding hydrogens is 230 g/mol. The molecule has 0 bridgehead atoms. The Morgan fingerprint density at radius 1 is 1.33 bits per heavy atom. The molecule has 1 saturated heterocycles. The molecular formula is C13H25N3O2. The van der Waals surface area contributed by atoms with Gasteiger partial charge in [0.2, 0.25) is 0 Å². The van der Waals surface area contributed by atoms with E-state index in [0.29, 0.717) is 13.1 Å². The van der Waals surface area contributed by atoms with E-state index in [2.05, 4.69) is 17.6 Å². The normalized spacial score (nSPS) is 18.0. The smallest absolute Gasteiger partial charge is 0.311 e. The molecule has 18 heavy (non-hydrogen) atoms. The molecule has 0 aromatic heterocycles. The maximum Gasteiger partial charge on any atom is 0.311 e. The van der Waals surface area contributed by atoms with Crippen molar-refractivity contribution in [2.24, 2.45) is 0 Å². The minimum absolute atomic E-state index is 0.0755. The van der Waals surface area contributed by atoms with Crippen LogP contribution in [0.15, 0.2) is 0 Å². The molecule has 0 aromatic rings. The highest BCUT2D eigenvalue weighted by Crippen LogP contribution is 2.01. The van der Waals surface area contributed by atoms with E-state index in [0.717, 1.165) is 38.8 Å².